The predicted molar refractivity (Wildman–Crippen MR) is 75.5 cm³/mol. The van der Waals surface area contributed by atoms with Gasteiger partial charge in [0.15, 0.2) is 0 Å². The average molecular weight is 241 g/mol. The predicted octanol–water partition coefficient (Wildman–Crippen LogP) is 1.65. The normalized spacial score (nSPS) is 19.1. The van der Waals surface area contributed by atoms with Crippen molar-refractivity contribution in [1.29, 1.82) is 0 Å². The van der Waals surface area contributed by atoms with Crippen LogP contribution in [-0.2, 0) is 0 Å². The molecule has 1 heterocycles. The van der Waals surface area contributed by atoms with Crippen LogP contribution in [-0.4, -0.2) is 62.7 Å². The van der Waals surface area contributed by atoms with Crippen molar-refractivity contribution >= 4 is 0 Å². The standard InChI is InChI=1S/C14H31N3/c1-4-14(5-2)13-15-7-6-8-17-11-9-16(3)10-12-17/h14-15H,4-13H2,1-3H3. The molecule has 1 N–H and O–H groups in total. The maximum atomic E-state index is 3.60. The van der Waals surface area contributed by atoms with Crippen LogP contribution in [0.4, 0.5) is 0 Å². The summed E-state index contributed by atoms with van der Waals surface area (Å²) in [5.74, 6) is 0.874. The van der Waals surface area contributed by atoms with Crippen LogP contribution in [0.3, 0.4) is 0 Å². The Morgan fingerprint density at radius 3 is 2.29 bits per heavy atom. The fourth-order valence-corrected chi connectivity index (χ4v) is 2.38. The van der Waals surface area contributed by atoms with Crippen molar-refractivity contribution < 1.29 is 0 Å². The number of hydrogen-bond acceptors (Lipinski definition) is 3. The second-order valence-corrected chi connectivity index (χ2v) is 5.39. The summed E-state index contributed by atoms with van der Waals surface area (Å²) < 4.78 is 0. The maximum Gasteiger partial charge on any atom is 0.0110 e. The SMILES string of the molecule is CCC(CC)CNCCCN1CCN(C)CC1. The van der Waals surface area contributed by atoms with E-state index in [9.17, 15) is 0 Å². The fourth-order valence-electron chi connectivity index (χ4n) is 2.38. The lowest BCUT2D eigenvalue weighted by atomic mass is 10.0. The number of likely N-dealkylation sites (N-methyl/N-ethyl adjacent to an activating group) is 1. The molecule has 102 valence electrons. The first-order valence-corrected chi connectivity index (χ1v) is 7.37. The van der Waals surface area contributed by atoms with E-state index >= 15 is 0 Å². The molecule has 0 atom stereocenters. The Balaban J connectivity index is 1.93. The summed E-state index contributed by atoms with van der Waals surface area (Å²) in [5, 5.41) is 3.60. The Bertz CT molecular complexity index is 172. The molecule has 0 unspecified atom stereocenters. The van der Waals surface area contributed by atoms with Crippen LogP contribution >= 0.6 is 0 Å². The Hall–Kier alpha value is -0.120. The number of piperazine rings is 1. The highest BCUT2D eigenvalue weighted by atomic mass is 15.2. The monoisotopic (exact) mass is 241 g/mol. The first-order valence-electron chi connectivity index (χ1n) is 7.37. The van der Waals surface area contributed by atoms with Crippen LogP contribution in [0.2, 0.25) is 0 Å². The van der Waals surface area contributed by atoms with E-state index < -0.39 is 0 Å². The zero-order valence-electron chi connectivity index (χ0n) is 12.0. The lowest BCUT2D eigenvalue weighted by Gasteiger charge is -2.32. The third kappa shape index (κ3) is 6.39. The van der Waals surface area contributed by atoms with Gasteiger partial charge in [-0.05, 0) is 39.0 Å². The van der Waals surface area contributed by atoms with Crippen LogP contribution < -0.4 is 5.32 Å². The molecule has 0 amide bonds. The molecule has 1 saturated heterocycles. The van der Waals surface area contributed by atoms with Crippen LogP contribution in [0.15, 0.2) is 0 Å². The van der Waals surface area contributed by atoms with E-state index in [1.807, 2.05) is 0 Å². The van der Waals surface area contributed by atoms with E-state index in [4.69, 9.17) is 0 Å². The third-order valence-corrected chi connectivity index (χ3v) is 4.01. The molecular weight excluding hydrogens is 210 g/mol. The minimum absolute atomic E-state index is 0.874. The van der Waals surface area contributed by atoms with Gasteiger partial charge in [-0.2, -0.15) is 0 Å². The van der Waals surface area contributed by atoms with Gasteiger partial charge in [0.1, 0.15) is 0 Å². The minimum atomic E-state index is 0.874. The summed E-state index contributed by atoms with van der Waals surface area (Å²) >= 11 is 0. The van der Waals surface area contributed by atoms with Crippen LogP contribution in [0.1, 0.15) is 33.1 Å². The van der Waals surface area contributed by atoms with Crippen molar-refractivity contribution in [3.05, 3.63) is 0 Å². The molecule has 0 saturated carbocycles. The van der Waals surface area contributed by atoms with Gasteiger partial charge >= 0.3 is 0 Å². The van der Waals surface area contributed by atoms with Crippen molar-refractivity contribution in [2.75, 3.05) is 52.9 Å². The van der Waals surface area contributed by atoms with Crippen molar-refractivity contribution in [2.24, 2.45) is 5.92 Å². The number of rotatable bonds is 8. The number of nitrogens with zero attached hydrogens (tertiary/aromatic N) is 2. The van der Waals surface area contributed by atoms with Gasteiger partial charge in [0, 0.05) is 26.2 Å². The highest BCUT2D eigenvalue weighted by Gasteiger charge is 2.12. The molecule has 0 aromatic rings. The molecule has 0 bridgehead atoms. The van der Waals surface area contributed by atoms with Gasteiger partial charge in [-0.15, -0.1) is 0 Å². The quantitative estimate of drug-likeness (QED) is 0.652. The summed E-state index contributed by atoms with van der Waals surface area (Å²) in [5.41, 5.74) is 0. The van der Waals surface area contributed by atoms with Crippen LogP contribution in [0.25, 0.3) is 0 Å². The first kappa shape index (κ1) is 14.9. The molecular formula is C14H31N3. The Kier molecular flexibility index (Phi) is 7.82. The molecule has 3 heteroatoms. The van der Waals surface area contributed by atoms with Crippen molar-refractivity contribution in [2.45, 2.75) is 33.1 Å². The molecule has 0 radical (unpaired) electrons. The molecule has 0 spiro atoms. The molecule has 3 nitrogen and oxygen atoms in total. The summed E-state index contributed by atoms with van der Waals surface area (Å²) in [4.78, 5) is 5.01. The zero-order chi connectivity index (χ0) is 12.5. The van der Waals surface area contributed by atoms with Gasteiger partial charge < -0.3 is 15.1 Å². The van der Waals surface area contributed by atoms with Gasteiger partial charge in [0.25, 0.3) is 0 Å². The smallest absolute Gasteiger partial charge is 0.0110 e. The lowest BCUT2D eigenvalue weighted by Crippen LogP contribution is -2.45. The van der Waals surface area contributed by atoms with E-state index in [1.165, 1.54) is 65.1 Å². The van der Waals surface area contributed by atoms with Crippen molar-refractivity contribution in [1.82, 2.24) is 15.1 Å². The topological polar surface area (TPSA) is 18.5 Å². The largest absolute Gasteiger partial charge is 0.316 e. The van der Waals surface area contributed by atoms with Gasteiger partial charge in [-0.1, -0.05) is 26.7 Å². The van der Waals surface area contributed by atoms with Gasteiger partial charge in [-0.25, -0.2) is 0 Å². The van der Waals surface area contributed by atoms with Crippen molar-refractivity contribution in [3.8, 4) is 0 Å². The van der Waals surface area contributed by atoms with Gasteiger partial charge in [-0.3, -0.25) is 0 Å². The highest BCUT2D eigenvalue weighted by molar-refractivity contribution is 4.69. The molecule has 0 aromatic carbocycles. The zero-order valence-corrected chi connectivity index (χ0v) is 12.0. The molecule has 1 aliphatic heterocycles. The maximum absolute atomic E-state index is 3.60. The summed E-state index contributed by atoms with van der Waals surface area (Å²) in [6.45, 7) is 13.2. The fraction of sp³-hybridized carbons (Fsp3) is 1.00. The second kappa shape index (κ2) is 8.90. The van der Waals surface area contributed by atoms with Crippen LogP contribution in [0, 0.1) is 5.92 Å². The molecule has 0 aliphatic carbocycles. The second-order valence-electron chi connectivity index (χ2n) is 5.39. The summed E-state index contributed by atoms with van der Waals surface area (Å²) in [7, 11) is 2.22. The summed E-state index contributed by atoms with van der Waals surface area (Å²) in [6, 6.07) is 0. The minimum Gasteiger partial charge on any atom is -0.316 e. The Morgan fingerprint density at radius 2 is 1.71 bits per heavy atom. The first-order chi connectivity index (χ1) is 8.26. The summed E-state index contributed by atoms with van der Waals surface area (Å²) in [6.07, 6.45) is 3.91. The highest BCUT2D eigenvalue weighted by Crippen LogP contribution is 2.05. The van der Waals surface area contributed by atoms with Crippen molar-refractivity contribution in [3.63, 3.8) is 0 Å². The van der Waals surface area contributed by atoms with E-state index in [-0.39, 0.29) is 0 Å². The molecule has 1 rings (SSSR count). The van der Waals surface area contributed by atoms with E-state index in [0.717, 1.165) is 5.92 Å². The molecule has 1 fully saturated rings. The average Bonchev–Trinajstić information content (AvgIpc) is 2.36. The Labute approximate surface area is 108 Å². The number of nitrogens with one attached hydrogen (secondary N) is 1. The van der Waals surface area contributed by atoms with E-state index in [2.05, 4.69) is 36.0 Å². The molecule has 0 aromatic heterocycles. The van der Waals surface area contributed by atoms with E-state index in [0.29, 0.717) is 0 Å². The molecule has 17 heavy (non-hydrogen) atoms. The Morgan fingerprint density at radius 1 is 1.06 bits per heavy atom. The molecule has 1 aliphatic rings. The number of hydrogen-bond donors (Lipinski definition) is 1. The van der Waals surface area contributed by atoms with Gasteiger partial charge in [0.2, 0.25) is 0 Å². The van der Waals surface area contributed by atoms with Gasteiger partial charge in [0.05, 0.1) is 0 Å². The van der Waals surface area contributed by atoms with E-state index in [1.54, 1.807) is 0 Å². The van der Waals surface area contributed by atoms with Crippen LogP contribution in [0.5, 0.6) is 0 Å². The lowest BCUT2D eigenvalue weighted by molar-refractivity contribution is 0.152. The third-order valence-electron chi connectivity index (χ3n) is 4.01.